The molecule has 1 heterocycles. The van der Waals surface area contributed by atoms with E-state index in [0.29, 0.717) is 10.5 Å². The molecular formula is C17H25N3O5S. The Balaban J connectivity index is 0.000000359. The van der Waals surface area contributed by atoms with E-state index in [1.54, 1.807) is 6.26 Å². The number of fused-ring (bicyclic) bond motifs is 1. The van der Waals surface area contributed by atoms with E-state index in [1.807, 2.05) is 21.0 Å². The van der Waals surface area contributed by atoms with Crippen LogP contribution in [0.4, 0.5) is 0 Å². The first-order chi connectivity index (χ1) is 12.3. The first-order valence-corrected chi connectivity index (χ1v) is 9.29. The number of rotatable bonds is 6. The number of esters is 1. The van der Waals surface area contributed by atoms with Crippen molar-refractivity contribution in [1.29, 1.82) is 0 Å². The predicted octanol–water partition coefficient (Wildman–Crippen LogP) is 1.34. The summed E-state index contributed by atoms with van der Waals surface area (Å²) in [6, 6.07) is 0. The Labute approximate surface area is 157 Å². The van der Waals surface area contributed by atoms with E-state index in [0.717, 1.165) is 19.8 Å². The molecule has 1 aliphatic rings. The zero-order chi connectivity index (χ0) is 19.7. The molecular weight excluding hydrogens is 358 g/mol. The van der Waals surface area contributed by atoms with Crippen molar-refractivity contribution < 1.29 is 23.9 Å². The summed E-state index contributed by atoms with van der Waals surface area (Å²) in [5.74, 6) is -1.23. The van der Waals surface area contributed by atoms with Gasteiger partial charge in [0.25, 0.3) is 0 Å². The SMILES string of the molecule is CCOCCN(C)C.COC(=O)c1[nH]nc2c1CC(=O)C(SC)=CC2=O. The second kappa shape index (κ2) is 10.9. The van der Waals surface area contributed by atoms with Gasteiger partial charge in [0.05, 0.1) is 18.6 Å². The normalized spacial score (nSPS) is 13.5. The number of nitrogens with one attached hydrogen (secondary N) is 1. The highest BCUT2D eigenvalue weighted by molar-refractivity contribution is 8.03. The molecule has 0 unspecified atom stereocenters. The van der Waals surface area contributed by atoms with E-state index in [9.17, 15) is 14.4 Å². The fourth-order valence-electron chi connectivity index (χ4n) is 2.09. The minimum absolute atomic E-state index is 0.0331. The molecule has 8 nitrogen and oxygen atoms in total. The third-order valence-electron chi connectivity index (χ3n) is 3.47. The van der Waals surface area contributed by atoms with Crippen molar-refractivity contribution in [3.05, 3.63) is 27.9 Å². The Morgan fingerprint density at radius 3 is 2.62 bits per heavy atom. The van der Waals surface area contributed by atoms with Crippen LogP contribution in [0.1, 0.15) is 33.5 Å². The van der Waals surface area contributed by atoms with Crippen molar-refractivity contribution in [2.24, 2.45) is 0 Å². The summed E-state index contributed by atoms with van der Waals surface area (Å²) in [6.45, 7) is 4.71. The summed E-state index contributed by atoms with van der Waals surface area (Å²) < 4.78 is 9.67. The Morgan fingerprint density at radius 1 is 1.38 bits per heavy atom. The van der Waals surface area contributed by atoms with Crippen molar-refractivity contribution >= 4 is 29.3 Å². The lowest BCUT2D eigenvalue weighted by atomic mass is 10.1. The summed E-state index contributed by atoms with van der Waals surface area (Å²) >= 11 is 1.20. The fraction of sp³-hybridized carbons (Fsp3) is 0.529. The summed E-state index contributed by atoms with van der Waals surface area (Å²) in [5.41, 5.74) is 0.468. The highest BCUT2D eigenvalue weighted by atomic mass is 32.2. The van der Waals surface area contributed by atoms with Gasteiger partial charge in [-0.25, -0.2) is 4.79 Å². The number of ketones is 2. The third-order valence-corrected chi connectivity index (χ3v) is 4.26. The van der Waals surface area contributed by atoms with Crippen molar-refractivity contribution in [1.82, 2.24) is 15.1 Å². The maximum atomic E-state index is 11.9. The number of allylic oxidation sites excluding steroid dienone is 2. The lowest BCUT2D eigenvalue weighted by Gasteiger charge is -2.07. The molecule has 26 heavy (non-hydrogen) atoms. The van der Waals surface area contributed by atoms with Crippen molar-refractivity contribution in [2.75, 3.05) is 47.2 Å². The van der Waals surface area contributed by atoms with Crippen LogP contribution < -0.4 is 0 Å². The minimum Gasteiger partial charge on any atom is -0.464 e. The number of nitrogens with zero attached hydrogens (tertiary/aromatic N) is 2. The molecule has 0 amide bonds. The fourth-order valence-corrected chi connectivity index (χ4v) is 2.62. The molecule has 0 aliphatic heterocycles. The van der Waals surface area contributed by atoms with E-state index in [1.165, 1.54) is 24.9 Å². The third kappa shape index (κ3) is 6.08. The first kappa shape index (κ1) is 22.1. The van der Waals surface area contributed by atoms with E-state index in [-0.39, 0.29) is 29.4 Å². The number of ether oxygens (including phenoxy) is 2. The molecule has 0 aromatic carbocycles. The number of methoxy groups -OCH3 is 1. The van der Waals surface area contributed by atoms with Crippen molar-refractivity contribution in [3.8, 4) is 0 Å². The molecule has 0 saturated carbocycles. The molecule has 1 aromatic heterocycles. The van der Waals surface area contributed by atoms with Crippen LogP contribution in [0.3, 0.4) is 0 Å². The Hall–Kier alpha value is -1.97. The minimum atomic E-state index is -0.642. The molecule has 0 atom stereocenters. The van der Waals surface area contributed by atoms with Gasteiger partial charge in [0, 0.05) is 31.2 Å². The molecule has 1 aliphatic carbocycles. The van der Waals surface area contributed by atoms with Gasteiger partial charge >= 0.3 is 5.97 Å². The van der Waals surface area contributed by atoms with Gasteiger partial charge in [-0.1, -0.05) is 0 Å². The molecule has 0 saturated heterocycles. The Kier molecular flexibility index (Phi) is 9.25. The van der Waals surface area contributed by atoms with Gasteiger partial charge < -0.3 is 14.4 Å². The van der Waals surface area contributed by atoms with Crippen LogP contribution in [0.2, 0.25) is 0 Å². The molecule has 144 valence electrons. The lowest BCUT2D eigenvalue weighted by molar-refractivity contribution is -0.114. The van der Waals surface area contributed by atoms with Crippen LogP contribution in [-0.4, -0.2) is 79.9 Å². The van der Waals surface area contributed by atoms with Gasteiger partial charge in [-0.2, -0.15) is 5.10 Å². The second-order valence-electron chi connectivity index (χ2n) is 5.59. The predicted molar refractivity (Wildman–Crippen MR) is 99.6 cm³/mol. The molecule has 2 rings (SSSR count). The number of hydrogen-bond donors (Lipinski definition) is 1. The quantitative estimate of drug-likeness (QED) is 0.580. The van der Waals surface area contributed by atoms with Gasteiger partial charge in [-0.15, -0.1) is 11.8 Å². The van der Waals surface area contributed by atoms with Crippen LogP contribution in [0.25, 0.3) is 0 Å². The number of H-pyrrole nitrogens is 1. The Bertz CT molecular complexity index is 682. The number of aromatic amines is 1. The number of hydrogen-bond acceptors (Lipinski definition) is 8. The smallest absolute Gasteiger partial charge is 0.356 e. The van der Waals surface area contributed by atoms with Crippen LogP contribution in [-0.2, 0) is 20.7 Å². The van der Waals surface area contributed by atoms with Gasteiger partial charge in [0.1, 0.15) is 11.4 Å². The molecule has 1 aromatic rings. The summed E-state index contributed by atoms with van der Waals surface area (Å²) in [4.78, 5) is 37.7. The number of likely N-dealkylation sites (N-methyl/N-ethyl adjacent to an activating group) is 1. The monoisotopic (exact) mass is 383 g/mol. The van der Waals surface area contributed by atoms with Gasteiger partial charge in [0.15, 0.2) is 5.78 Å². The molecule has 9 heteroatoms. The standard InChI is InChI=1S/C11H10N2O4S.C6H15NO/c1-17-11(16)10-5-3-6(14)8(18-2)4-7(15)9(5)12-13-10;1-4-8-6-5-7(2)3/h4H,3H2,1-2H3,(H,12,13);4-6H2,1-3H3. The Morgan fingerprint density at radius 2 is 2.08 bits per heavy atom. The van der Waals surface area contributed by atoms with Gasteiger partial charge in [-0.3, -0.25) is 14.7 Å². The van der Waals surface area contributed by atoms with E-state index >= 15 is 0 Å². The highest BCUT2D eigenvalue weighted by Crippen LogP contribution is 2.24. The molecule has 0 bridgehead atoms. The largest absolute Gasteiger partial charge is 0.464 e. The van der Waals surface area contributed by atoms with Crippen molar-refractivity contribution in [3.63, 3.8) is 0 Å². The summed E-state index contributed by atoms with van der Waals surface area (Å²) in [5, 5.41) is 6.23. The maximum absolute atomic E-state index is 11.9. The molecule has 1 N–H and O–H groups in total. The number of carbonyl (C=O) groups excluding carboxylic acids is 3. The van der Waals surface area contributed by atoms with E-state index in [2.05, 4.69) is 19.8 Å². The number of thioether (sulfide) groups is 1. The number of aromatic nitrogens is 2. The van der Waals surface area contributed by atoms with Gasteiger partial charge in [0.2, 0.25) is 5.78 Å². The van der Waals surface area contributed by atoms with Gasteiger partial charge in [-0.05, 0) is 27.3 Å². The lowest BCUT2D eigenvalue weighted by Crippen LogP contribution is -2.17. The van der Waals surface area contributed by atoms with Crippen molar-refractivity contribution in [2.45, 2.75) is 13.3 Å². The topological polar surface area (TPSA) is 102 Å². The average molecular weight is 383 g/mol. The zero-order valence-electron chi connectivity index (χ0n) is 15.7. The van der Waals surface area contributed by atoms with Crippen LogP contribution >= 0.6 is 11.8 Å². The second-order valence-corrected chi connectivity index (χ2v) is 6.44. The summed E-state index contributed by atoms with van der Waals surface area (Å²) in [6.07, 6.45) is 2.93. The zero-order valence-corrected chi connectivity index (χ0v) is 16.6. The number of carbonyl (C=O) groups is 3. The molecule has 0 spiro atoms. The van der Waals surface area contributed by atoms with E-state index in [4.69, 9.17) is 4.74 Å². The molecule has 0 radical (unpaired) electrons. The van der Waals surface area contributed by atoms with Crippen LogP contribution in [0.15, 0.2) is 11.0 Å². The first-order valence-electron chi connectivity index (χ1n) is 8.06. The van der Waals surface area contributed by atoms with Crippen LogP contribution in [0.5, 0.6) is 0 Å². The van der Waals surface area contributed by atoms with Crippen LogP contribution in [0, 0.1) is 0 Å². The van der Waals surface area contributed by atoms with E-state index < -0.39 is 5.97 Å². The average Bonchev–Trinajstić information content (AvgIpc) is 2.97. The maximum Gasteiger partial charge on any atom is 0.356 e. The summed E-state index contributed by atoms with van der Waals surface area (Å²) in [7, 11) is 5.31. The molecule has 0 fully saturated rings. The highest BCUT2D eigenvalue weighted by Gasteiger charge is 2.29. The number of Topliss-reactive ketones (excluding diaryl/α,β-unsaturated/α-hetero) is 1.